The highest BCUT2D eigenvalue weighted by atomic mass is 32.2. The molecule has 1 rings (SSSR count). The summed E-state index contributed by atoms with van der Waals surface area (Å²) < 4.78 is 27.8. The van der Waals surface area contributed by atoms with E-state index in [-0.39, 0.29) is 17.3 Å². The third kappa shape index (κ3) is 2.42. The van der Waals surface area contributed by atoms with Crippen LogP contribution in [0.2, 0.25) is 0 Å². The second-order valence-electron chi connectivity index (χ2n) is 4.89. The molecule has 0 bridgehead atoms. The number of hydrogen-bond acceptors (Lipinski definition) is 3. The highest BCUT2D eigenvalue weighted by molar-refractivity contribution is 7.86. The Hall–Kier alpha value is -0.350. The van der Waals surface area contributed by atoms with Gasteiger partial charge in [-0.25, -0.2) is 0 Å². The fraction of sp³-hybridized carbons (Fsp3) is 0.818. The number of hydrogen-bond donors (Lipinski definition) is 0. The highest BCUT2D eigenvalue weighted by Gasteiger charge is 2.50. The van der Waals surface area contributed by atoms with E-state index in [2.05, 4.69) is 6.58 Å². The Balaban J connectivity index is 2.68. The van der Waals surface area contributed by atoms with Crippen LogP contribution in [-0.2, 0) is 14.3 Å². The standard InChI is InChI=1S/C11H20O3S/c1-6-15(12,13)14-10-7-9(8(2)3)11(10,4)5/h9-10H,2,6-7H2,1,3-5H3. The van der Waals surface area contributed by atoms with Gasteiger partial charge in [-0.2, -0.15) is 8.42 Å². The summed E-state index contributed by atoms with van der Waals surface area (Å²) in [5.74, 6) is 0.409. The molecule has 0 amide bonds. The summed E-state index contributed by atoms with van der Waals surface area (Å²) in [5.41, 5.74) is 0.988. The van der Waals surface area contributed by atoms with Crippen LogP contribution >= 0.6 is 0 Å². The molecule has 0 heterocycles. The van der Waals surface area contributed by atoms with Gasteiger partial charge in [-0.15, -0.1) is 0 Å². The van der Waals surface area contributed by atoms with Crippen LogP contribution in [0, 0.1) is 11.3 Å². The molecule has 0 saturated heterocycles. The van der Waals surface area contributed by atoms with Crippen molar-refractivity contribution in [3.63, 3.8) is 0 Å². The lowest BCUT2D eigenvalue weighted by molar-refractivity contribution is -0.0602. The van der Waals surface area contributed by atoms with E-state index in [4.69, 9.17) is 4.18 Å². The largest absolute Gasteiger partial charge is 0.267 e. The average Bonchev–Trinajstić information content (AvgIpc) is 2.11. The van der Waals surface area contributed by atoms with Crippen LogP contribution in [0.5, 0.6) is 0 Å². The van der Waals surface area contributed by atoms with Crippen molar-refractivity contribution in [2.75, 3.05) is 5.75 Å². The third-order valence-corrected chi connectivity index (χ3v) is 4.62. The van der Waals surface area contributed by atoms with Crippen LogP contribution < -0.4 is 0 Å². The predicted molar refractivity (Wildman–Crippen MR) is 61.0 cm³/mol. The quantitative estimate of drug-likeness (QED) is 0.552. The van der Waals surface area contributed by atoms with Gasteiger partial charge >= 0.3 is 0 Å². The van der Waals surface area contributed by atoms with Crippen molar-refractivity contribution in [1.82, 2.24) is 0 Å². The van der Waals surface area contributed by atoms with E-state index in [1.807, 2.05) is 20.8 Å². The topological polar surface area (TPSA) is 43.4 Å². The summed E-state index contributed by atoms with van der Waals surface area (Å²) in [4.78, 5) is 0. The number of rotatable bonds is 4. The number of allylic oxidation sites excluding steroid dienone is 1. The van der Waals surface area contributed by atoms with E-state index in [1.54, 1.807) is 6.92 Å². The molecular weight excluding hydrogens is 212 g/mol. The maximum absolute atomic E-state index is 11.3. The maximum Gasteiger partial charge on any atom is 0.267 e. The SMILES string of the molecule is C=C(C)C1CC(OS(=O)(=O)CC)C1(C)C. The van der Waals surface area contributed by atoms with Crippen LogP contribution in [0.25, 0.3) is 0 Å². The van der Waals surface area contributed by atoms with Gasteiger partial charge in [0.1, 0.15) is 0 Å². The van der Waals surface area contributed by atoms with Crippen molar-refractivity contribution in [3.8, 4) is 0 Å². The molecule has 1 saturated carbocycles. The normalized spacial score (nSPS) is 29.6. The lowest BCUT2D eigenvalue weighted by atomic mass is 9.58. The van der Waals surface area contributed by atoms with Gasteiger partial charge in [0.2, 0.25) is 0 Å². The van der Waals surface area contributed by atoms with Gasteiger partial charge < -0.3 is 0 Å². The summed E-state index contributed by atoms with van der Waals surface area (Å²) in [6, 6.07) is 0. The molecule has 0 radical (unpaired) electrons. The monoisotopic (exact) mass is 232 g/mol. The molecule has 0 aliphatic heterocycles. The van der Waals surface area contributed by atoms with Crippen molar-refractivity contribution in [2.24, 2.45) is 11.3 Å². The van der Waals surface area contributed by atoms with Gasteiger partial charge in [0, 0.05) is 0 Å². The minimum atomic E-state index is -3.33. The fourth-order valence-electron chi connectivity index (χ4n) is 2.13. The predicted octanol–water partition coefficient (Wildman–Crippen LogP) is 2.34. The van der Waals surface area contributed by atoms with Crippen LogP contribution in [0.15, 0.2) is 12.2 Å². The molecule has 0 aromatic heterocycles. The van der Waals surface area contributed by atoms with Gasteiger partial charge in [0.15, 0.2) is 0 Å². The summed E-state index contributed by atoms with van der Waals surface area (Å²) >= 11 is 0. The average molecular weight is 232 g/mol. The Labute approximate surface area is 92.6 Å². The van der Waals surface area contributed by atoms with Gasteiger partial charge in [-0.05, 0) is 31.6 Å². The van der Waals surface area contributed by atoms with Crippen molar-refractivity contribution in [3.05, 3.63) is 12.2 Å². The fourth-order valence-corrected chi connectivity index (χ4v) is 2.95. The summed E-state index contributed by atoms with van der Waals surface area (Å²) in [5, 5.41) is 0. The minimum absolute atomic E-state index is 0.0390. The Kier molecular flexibility index (Phi) is 3.31. The Morgan fingerprint density at radius 3 is 2.40 bits per heavy atom. The molecule has 0 aromatic rings. The van der Waals surface area contributed by atoms with E-state index in [1.165, 1.54) is 0 Å². The first-order valence-corrected chi connectivity index (χ1v) is 6.84. The highest BCUT2D eigenvalue weighted by Crippen LogP contribution is 2.51. The Bertz CT molecular complexity index is 354. The third-order valence-electron chi connectivity index (χ3n) is 3.39. The van der Waals surface area contributed by atoms with Gasteiger partial charge in [-0.1, -0.05) is 26.0 Å². The molecule has 4 heteroatoms. The smallest absolute Gasteiger partial charge is 0.266 e. The molecule has 88 valence electrons. The van der Waals surface area contributed by atoms with E-state index in [9.17, 15) is 8.42 Å². The zero-order valence-electron chi connectivity index (χ0n) is 9.91. The molecule has 3 nitrogen and oxygen atoms in total. The summed E-state index contributed by atoms with van der Waals surface area (Å²) in [7, 11) is -3.33. The van der Waals surface area contributed by atoms with Crippen molar-refractivity contribution >= 4 is 10.1 Å². The summed E-state index contributed by atoms with van der Waals surface area (Å²) in [6.45, 7) is 11.6. The van der Waals surface area contributed by atoms with Crippen molar-refractivity contribution in [1.29, 1.82) is 0 Å². The molecule has 2 unspecified atom stereocenters. The molecule has 1 aliphatic rings. The molecule has 15 heavy (non-hydrogen) atoms. The van der Waals surface area contributed by atoms with E-state index in [0.29, 0.717) is 5.92 Å². The minimum Gasteiger partial charge on any atom is -0.266 e. The molecule has 1 aliphatic carbocycles. The van der Waals surface area contributed by atoms with E-state index >= 15 is 0 Å². The molecule has 0 spiro atoms. The second kappa shape index (κ2) is 3.91. The second-order valence-corrected chi connectivity index (χ2v) is 6.77. The van der Waals surface area contributed by atoms with Gasteiger partial charge in [-0.3, -0.25) is 4.18 Å². The molecular formula is C11H20O3S. The first-order valence-electron chi connectivity index (χ1n) is 5.27. The Morgan fingerprint density at radius 1 is 1.53 bits per heavy atom. The molecule has 0 N–H and O–H groups in total. The molecule has 0 aromatic carbocycles. The Morgan fingerprint density at radius 2 is 2.07 bits per heavy atom. The van der Waals surface area contributed by atoms with Crippen LogP contribution in [0.1, 0.15) is 34.1 Å². The lowest BCUT2D eigenvalue weighted by Crippen LogP contribution is -2.51. The first-order chi connectivity index (χ1) is 6.70. The maximum atomic E-state index is 11.3. The molecule has 2 atom stereocenters. The van der Waals surface area contributed by atoms with Crippen LogP contribution in [0.3, 0.4) is 0 Å². The van der Waals surface area contributed by atoms with Crippen molar-refractivity contribution in [2.45, 2.75) is 40.2 Å². The summed E-state index contributed by atoms with van der Waals surface area (Å²) in [6.07, 6.45) is 0.575. The van der Waals surface area contributed by atoms with E-state index in [0.717, 1.165) is 12.0 Å². The van der Waals surface area contributed by atoms with E-state index < -0.39 is 10.1 Å². The lowest BCUT2D eigenvalue weighted by Gasteiger charge is -2.51. The van der Waals surface area contributed by atoms with Gasteiger partial charge in [0.25, 0.3) is 10.1 Å². The van der Waals surface area contributed by atoms with Crippen LogP contribution in [-0.4, -0.2) is 20.3 Å². The van der Waals surface area contributed by atoms with Crippen LogP contribution in [0.4, 0.5) is 0 Å². The zero-order chi connectivity index (χ0) is 11.9. The van der Waals surface area contributed by atoms with Crippen molar-refractivity contribution < 1.29 is 12.6 Å². The molecule has 1 fully saturated rings. The van der Waals surface area contributed by atoms with Gasteiger partial charge in [0.05, 0.1) is 11.9 Å². The first kappa shape index (κ1) is 12.7. The zero-order valence-corrected chi connectivity index (χ0v) is 10.7.